The highest BCUT2D eigenvalue weighted by Crippen LogP contribution is 2.17. The van der Waals surface area contributed by atoms with Gasteiger partial charge in [0.2, 0.25) is 0 Å². The maximum Gasteiger partial charge on any atom is 0.120 e. The molecule has 0 aliphatic heterocycles. The number of benzene rings is 1. The number of halogens is 1. The second kappa shape index (κ2) is 7.45. The van der Waals surface area contributed by atoms with Crippen LogP contribution in [0.4, 0.5) is 0 Å². The number of rotatable bonds is 7. The first-order valence-electron chi connectivity index (χ1n) is 6.82. The summed E-state index contributed by atoms with van der Waals surface area (Å²) in [7, 11) is 0. The van der Waals surface area contributed by atoms with Crippen LogP contribution in [0.2, 0.25) is 0 Å². The summed E-state index contributed by atoms with van der Waals surface area (Å²) in [5.74, 6) is 0.868. The fraction of sp³-hybridized carbons (Fsp3) is 0.400. The van der Waals surface area contributed by atoms with Crippen LogP contribution in [-0.2, 0) is 13.0 Å². The van der Waals surface area contributed by atoms with Crippen molar-refractivity contribution in [1.29, 1.82) is 0 Å². The van der Waals surface area contributed by atoms with Crippen molar-refractivity contribution in [3.63, 3.8) is 0 Å². The Morgan fingerprint density at radius 1 is 1.45 bits per heavy atom. The Morgan fingerprint density at radius 3 is 3.05 bits per heavy atom. The maximum absolute atomic E-state index is 5.93. The lowest BCUT2D eigenvalue weighted by Crippen LogP contribution is -2.21. The second-order valence-corrected chi connectivity index (χ2v) is 5.70. The Morgan fingerprint density at radius 2 is 2.30 bits per heavy atom. The maximum atomic E-state index is 5.93. The molecule has 108 valence electrons. The van der Waals surface area contributed by atoms with Crippen LogP contribution < -0.4 is 10.5 Å². The van der Waals surface area contributed by atoms with E-state index < -0.39 is 0 Å². The van der Waals surface area contributed by atoms with Gasteiger partial charge in [0.15, 0.2) is 0 Å². The molecule has 0 aliphatic carbocycles. The molecule has 20 heavy (non-hydrogen) atoms. The molecule has 1 heterocycles. The largest absolute Gasteiger partial charge is 0.492 e. The van der Waals surface area contributed by atoms with Crippen LogP contribution in [0.3, 0.4) is 0 Å². The minimum Gasteiger partial charge on any atom is -0.492 e. The molecule has 2 N–H and O–H groups in total. The molecule has 1 atom stereocenters. The van der Waals surface area contributed by atoms with E-state index in [9.17, 15) is 0 Å². The third-order valence-corrected chi connectivity index (χ3v) is 3.59. The summed E-state index contributed by atoms with van der Waals surface area (Å²) in [5.41, 5.74) is 6.97. The average Bonchev–Trinajstić information content (AvgIpc) is 2.86. The first kappa shape index (κ1) is 15.1. The quantitative estimate of drug-likeness (QED) is 0.844. The van der Waals surface area contributed by atoms with Crippen molar-refractivity contribution in [3.05, 3.63) is 47.0 Å². The first-order chi connectivity index (χ1) is 9.67. The molecule has 2 aromatic rings. The van der Waals surface area contributed by atoms with E-state index in [2.05, 4.69) is 27.8 Å². The van der Waals surface area contributed by atoms with E-state index in [-0.39, 0.29) is 6.04 Å². The highest BCUT2D eigenvalue weighted by molar-refractivity contribution is 9.10. The Hall–Kier alpha value is -1.33. The van der Waals surface area contributed by atoms with Crippen molar-refractivity contribution < 1.29 is 4.74 Å². The molecule has 0 amide bonds. The molecular weight excluding hydrogens is 318 g/mol. The molecular formula is C15H20BrN3O. The normalized spacial score (nSPS) is 12.3. The Bertz CT molecular complexity index is 541. The molecule has 0 spiro atoms. The monoisotopic (exact) mass is 337 g/mol. The van der Waals surface area contributed by atoms with Gasteiger partial charge in [-0.2, -0.15) is 0 Å². The highest BCUT2D eigenvalue weighted by atomic mass is 79.9. The van der Waals surface area contributed by atoms with Gasteiger partial charge >= 0.3 is 0 Å². The molecule has 0 radical (unpaired) electrons. The number of aromatic nitrogens is 2. The van der Waals surface area contributed by atoms with Gasteiger partial charge in [0.1, 0.15) is 12.4 Å². The van der Waals surface area contributed by atoms with Crippen molar-refractivity contribution in [2.24, 2.45) is 5.73 Å². The summed E-state index contributed by atoms with van der Waals surface area (Å²) in [6, 6.07) is 8.04. The zero-order chi connectivity index (χ0) is 14.4. The lowest BCUT2D eigenvalue weighted by atomic mass is 10.1. The fourth-order valence-electron chi connectivity index (χ4n) is 1.87. The standard InChI is InChI=1S/C15H20BrN3O/c1-2-13(17)9-14-10-19(11-18-14)6-7-20-15-5-3-4-12(16)8-15/h3-5,8,10-11,13H,2,6-7,9,17H2,1H3. The SMILES string of the molecule is CCC(N)Cc1cn(CCOc2cccc(Br)c2)cn1. The molecule has 5 heteroatoms. The summed E-state index contributed by atoms with van der Waals surface area (Å²) in [6.07, 6.45) is 5.68. The Kier molecular flexibility index (Phi) is 5.61. The molecule has 0 saturated carbocycles. The van der Waals surface area contributed by atoms with E-state index >= 15 is 0 Å². The van der Waals surface area contributed by atoms with E-state index in [4.69, 9.17) is 10.5 Å². The minimum atomic E-state index is 0.191. The van der Waals surface area contributed by atoms with Gasteiger partial charge in [-0.15, -0.1) is 0 Å². The van der Waals surface area contributed by atoms with Crippen LogP contribution in [0.15, 0.2) is 41.3 Å². The fourth-order valence-corrected chi connectivity index (χ4v) is 2.25. The molecule has 1 unspecified atom stereocenters. The van der Waals surface area contributed by atoms with Gasteiger partial charge in [0, 0.05) is 23.1 Å². The smallest absolute Gasteiger partial charge is 0.120 e. The van der Waals surface area contributed by atoms with E-state index in [1.165, 1.54) is 0 Å². The van der Waals surface area contributed by atoms with Crippen LogP contribution in [0, 0.1) is 0 Å². The van der Waals surface area contributed by atoms with Crippen LogP contribution in [0.25, 0.3) is 0 Å². The topological polar surface area (TPSA) is 53.1 Å². The predicted molar refractivity (Wildman–Crippen MR) is 83.8 cm³/mol. The third-order valence-electron chi connectivity index (χ3n) is 3.10. The molecule has 4 nitrogen and oxygen atoms in total. The molecule has 0 aliphatic rings. The number of hydrogen-bond donors (Lipinski definition) is 1. The number of ether oxygens (including phenoxy) is 1. The highest BCUT2D eigenvalue weighted by Gasteiger charge is 2.04. The van der Waals surface area contributed by atoms with Gasteiger partial charge in [-0.25, -0.2) is 4.98 Å². The van der Waals surface area contributed by atoms with Gasteiger partial charge in [-0.3, -0.25) is 0 Å². The number of nitrogens with two attached hydrogens (primary N) is 1. The van der Waals surface area contributed by atoms with Crippen molar-refractivity contribution in [2.45, 2.75) is 32.4 Å². The number of nitrogens with zero attached hydrogens (tertiary/aromatic N) is 2. The van der Waals surface area contributed by atoms with Crippen molar-refractivity contribution in [3.8, 4) is 5.75 Å². The van der Waals surface area contributed by atoms with Gasteiger partial charge in [0.05, 0.1) is 18.6 Å². The molecule has 1 aromatic heterocycles. The Labute approximate surface area is 128 Å². The second-order valence-electron chi connectivity index (χ2n) is 4.78. The summed E-state index contributed by atoms with van der Waals surface area (Å²) in [5, 5.41) is 0. The molecule has 0 fully saturated rings. The predicted octanol–water partition coefficient (Wildman–Crippen LogP) is 3.00. The number of imidazole rings is 1. The van der Waals surface area contributed by atoms with Crippen LogP contribution in [0.1, 0.15) is 19.0 Å². The molecule has 0 bridgehead atoms. The van der Waals surface area contributed by atoms with E-state index in [0.717, 1.165) is 35.3 Å². The van der Waals surface area contributed by atoms with Crippen molar-refractivity contribution >= 4 is 15.9 Å². The van der Waals surface area contributed by atoms with E-state index in [1.807, 2.05) is 41.4 Å². The molecule has 0 saturated heterocycles. The molecule has 1 aromatic carbocycles. The lowest BCUT2D eigenvalue weighted by Gasteiger charge is -2.07. The minimum absolute atomic E-state index is 0.191. The zero-order valence-electron chi connectivity index (χ0n) is 11.6. The molecule has 2 rings (SSSR count). The van der Waals surface area contributed by atoms with Gasteiger partial charge in [-0.1, -0.05) is 28.9 Å². The third kappa shape index (κ3) is 4.65. The lowest BCUT2D eigenvalue weighted by molar-refractivity contribution is 0.298. The van der Waals surface area contributed by atoms with Crippen molar-refractivity contribution in [1.82, 2.24) is 9.55 Å². The summed E-state index contributed by atoms with van der Waals surface area (Å²) < 4.78 is 8.76. The van der Waals surface area contributed by atoms with E-state index in [1.54, 1.807) is 0 Å². The van der Waals surface area contributed by atoms with Crippen LogP contribution in [-0.4, -0.2) is 22.2 Å². The first-order valence-corrected chi connectivity index (χ1v) is 7.61. The van der Waals surface area contributed by atoms with Gasteiger partial charge in [0.25, 0.3) is 0 Å². The van der Waals surface area contributed by atoms with Gasteiger partial charge < -0.3 is 15.0 Å². The summed E-state index contributed by atoms with van der Waals surface area (Å²) in [6.45, 7) is 3.49. The summed E-state index contributed by atoms with van der Waals surface area (Å²) in [4.78, 5) is 4.36. The van der Waals surface area contributed by atoms with Gasteiger partial charge in [-0.05, 0) is 24.6 Å². The van der Waals surface area contributed by atoms with Crippen LogP contribution >= 0.6 is 15.9 Å². The number of hydrogen-bond acceptors (Lipinski definition) is 3. The zero-order valence-corrected chi connectivity index (χ0v) is 13.2. The summed E-state index contributed by atoms with van der Waals surface area (Å²) >= 11 is 3.42. The Balaban J connectivity index is 1.79. The average molecular weight is 338 g/mol. The van der Waals surface area contributed by atoms with Crippen LogP contribution in [0.5, 0.6) is 5.75 Å². The van der Waals surface area contributed by atoms with E-state index in [0.29, 0.717) is 6.61 Å². The van der Waals surface area contributed by atoms with Crippen molar-refractivity contribution in [2.75, 3.05) is 6.61 Å².